The Morgan fingerprint density at radius 3 is 2.30 bits per heavy atom. The molecule has 1 aromatic carbocycles. The normalized spacial score (nSPS) is 11.1. The quantitative estimate of drug-likeness (QED) is 0.851. The van der Waals surface area contributed by atoms with E-state index < -0.39 is 10.0 Å². The Balaban J connectivity index is 2.13. The maximum Gasteiger partial charge on any atom is 0.261 e. The van der Waals surface area contributed by atoms with Gasteiger partial charge in [0.25, 0.3) is 10.0 Å². The third kappa shape index (κ3) is 3.67. The van der Waals surface area contributed by atoms with E-state index >= 15 is 0 Å². The van der Waals surface area contributed by atoms with Crippen LogP contribution in [0.25, 0.3) is 0 Å². The molecule has 0 unspecified atom stereocenters. The maximum atomic E-state index is 12.1. The maximum absolute atomic E-state index is 12.1. The summed E-state index contributed by atoms with van der Waals surface area (Å²) in [6.07, 6.45) is 5.16. The minimum Gasteiger partial charge on any atom is -0.385 e. The van der Waals surface area contributed by atoms with Gasteiger partial charge in [-0.3, -0.25) is 4.72 Å². The van der Waals surface area contributed by atoms with Gasteiger partial charge in [0.05, 0.1) is 23.0 Å². The highest BCUT2D eigenvalue weighted by Gasteiger charge is 2.14. The van der Waals surface area contributed by atoms with E-state index in [1.807, 2.05) is 0 Å². The smallest absolute Gasteiger partial charge is 0.261 e. The van der Waals surface area contributed by atoms with Gasteiger partial charge >= 0.3 is 0 Å². The lowest BCUT2D eigenvalue weighted by Gasteiger charge is -2.09. The summed E-state index contributed by atoms with van der Waals surface area (Å²) < 4.78 is 26.7. The number of benzene rings is 1. The van der Waals surface area contributed by atoms with Gasteiger partial charge in [-0.1, -0.05) is 6.92 Å². The molecule has 0 saturated heterocycles. The summed E-state index contributed by atoms with van der Waals surface area (Å²) in [7, 11) is -3.61. The summed E-state index contributed by atoms with van der Waals surface area (Å²) in [5.41, 5.74) is 1.23. The number of sulfonamides is 1. The molecule has 106 valence electrons. The minimum absolute atomic E-state index is 0.198. The Bertz CT molecular complexity index is 642. The molecule has 7 heteroatoms. The second-order valence-corrected chi connectivity index (χ2v) is 5.87. The average molecular weight is 292 g/mol. The Labute approximate surface area is 118 Å². The van der Waals surface area contributed by atoms with Crippen molar-refractivity contribution in [3.63, 3.8) is 0 Å². The molecule has 2 aromatic rings. The zero-order valence-electron chi connectivity index (χ0n) is 11.1. The van der Waals surface area contributed by atoms with Crippen molar-refractivity contribution in [3.8, 4) is 0 Å². The molecule has 0 aliphatic rings. The third-order valence-electron chi connectivity index (χ3n) is 2.56. The van der Waals surface area contributed by atoms with Crippen LogP contribution in [0.2, 0.25) is 0 Å². The highest BCUT2D eigenvalue weighted by atomic mass is 32.2. The van der Waals surface area contributed by atoms with E-state index in [0.29, 0.717) is 5.69 Å². The van der Waals surface area contributed by atoms with E-state index in [9.17, 15) is 8.42 Å². The lowest BCUT2D eigenvalue weighted by atomic mass is 10.3. The van der Waals surface area contributed by atoms with Gasteiger partial charge in [0.15, 0.2) is 0 Å². The molecular formula is C13H16N4O2S. The molecule has 0 saturated carbocycles. The third-order valence-corrected chi connectivity index (χ3v) is 3.95. The Morgan fingerprint density at radius 1 is 1.05 bits per heavy atom. The van der Waals surface area contributed by atoms with E-state index in [4.69, 9.17) is 0 Å². The van der Waals surface area contributed by atoms with Crippen LogP contribution in [0.5, 0.6) is 0 Å². The number of hydrogen-bond donors (Lipinski definition) is 2. The van der Waals surface area contributed by atoms with Crippen molar-refractivity contribution in [2.75, 3.05) is 16.6 Å². The summed E-state index contributed by atoms with van der Waals surface area (Å²) in [5, 5.41) is 3.19. The molecule has 1 heterocycles. The molecule has 0 fully saturated rings. The standard InChI is InChI=1S/C13H16N4O2S/c1-2-7-16-11-3-5-13(6-4-11)20(18,19)17-12-8-14-10-15-9-12/h3-6,8-10,16-17H,2,7H2,1H3. The van der Waals surface area contributed by atoms with Gasteiger partial charge in [0.2, 0.25) is 0 Å². The van der Waals surface area contributed by atoms with Crippen LogP contribution in [0.1, 0.15) is 13.3 Å². The summed E-state index contributed by atoms with van der Waals surface area (Å²) in [4.78, 5) is 7.72. The van der Waals surface area contributed by atoms with E-state index in [1.54, 1.807) is 24.3 Å². The van der Waals surface area contributed by atoms with Gasteiger partial charge < -0.3 is 5.32 Å². The van der Waals surface area contributed by atoms with Crippen LogP contribution in [0.3, 0.4) is 0 Å². The van der Waals surface area contributed by atoms with Crippen LogP contribution >= 0.6 is 0 Å². The van der Waals surface area contributed by atoms with Crippen molar-refractivity contribution in [2.45, 2.75) is 18.2 Å². The predicted octanol–water partition coefficient (Wildman–Crippen LogP) is 2.10. The van der Waals surface area contributed by atoms with E-state index in [2.05, 4.69) is 26.9 Å². The topological polar surface area (TPSA) is 84.0 Å². The van der Waals surface area contributed by atoms with Crippen LogP contribution in [0.4, 0.5) is 11.4 Å². The molecule has 0 aliphatic carbocycles. The average Bonchev–Trinajstić information content (AvgIpc) is 2.46. The van der Waals surface area contributed by atoms with E-state index in [0.717, 1.165) is 18.7 Å². The molecule has 2 N–H and O–H groups in total. The zero-order chi connectivity index (χ0) is 14.4. The molecular weight excluding hydrogens is 276 g/mol. The first kappa shape index (κ1) is 14.3. The van der Waals surface area contributed by atoms with Gasteiger partial charge in [-0.15, -0.1) is 0 Å². The summed E-state index contributed by atoms with van der Waals surface area (Å²) in [6, 6.07) is 6.60. The molecule has 0 radical (unpaired) electrons. The number of hydrogen-bond acceptors (Lipinski definition) is 5. The van der Waals surface area contributed by atoms with Crippen molar-refractivity contribution in [2.24, 2.45) is 0 Å². The molecule has 6 nitrogen and oxygen atoms in total. The van der Waals surface area contributed by atoms with Crippen LogP contribution in [0, 0.1) is 0 Å². The lowest BCUT2D eigenvalue weighted by molar-refractivity contribution is 0.601. The molecule has 0 bridgehead atoms. The van der Waals surface area contributed by atoms with Gasteiger partial charge in [-0.05, 0) is 30.7 Å². The second kappa shape index (κ2) is 6.33. The van der Waals surface area contributed by atoms with Gasteiger partial charge in [-0.25, -0.2) is 18.4 Å². The fraction of sp³-hybridized carbons (Fsp3) is 0.231. The zero-order valence-corrected chi connectivity index (χ0v) is 11.9. The molecule has 20 heavy (non-hydrogen) atoms. The van der Waals surface area contributed by atoms with Crippen molar-refractivity contribution >= 4 is 21.4 Å². The molecule has 0 aliphatic heterocycles. The van der Waals surface area contributed by atoms with Gasteiger partial charge in [0, 0.05) is 12.2 Å². The van der Waals surface area contributed by atoms with Crippen LogP contribution in [-0.2, 0) is 10.0 Å². The highest BCUT2D eigenvalue weighted by Crippen LogP contribution is 2.17. The van der Waals surface area contributed by atoms with Gasteiger partial charge in [-0.2, -0.15) is 0 Å². The SMILES string of the molecule is CCCNc1ccc(S(=O)(=O)Nc2cncnc2)cc1. The molecule has 0 atom stereocenters. The second-order valence-electron chi connectivity index (χ2n) is 4.18. The molecule has 1 aromatic heterocycles. The number of nitrogens with one attached hydrogen (secondary N) is 2. The summed E-state index contributed by atoms with van der Waals surface area (Å²) in [6.45, 7) is 2.92. The Morgan fingerprint density at radius 2 is 1.70 bits per heavy atom. The first-order chi connectivity index (χ1) is 9.62. The van der Waals surface area contributed by atoms with Crippen LogP contribution in [-0.4, -0.2) is 24.9 Å². The fourth-order valence-electron chi connectivity index (χ4n) is 1.59. The van der Waals surface area contributed by atoms with Crippen LogP contribution < -0.4 is 10.0 Å². The first-order valence-electron chi connectivity index (χ1n) is 6.23. The molecule has 0 spiro atoms. The minimum atomic E-state index is -3.61. The Kier molecular flexibility index (Phi) is 4.52. The van der Waals surface area contributed by atoms with E-state index in [1.165, 1.54) is 18.7 Å². The lowest BCUT2D eigenvalue weighted by Crippen LogP contribution is -2.13. The Hall–Kier alpha value is -2.15. The number of aromatic nitrogens is 2. The largest absolute Gasteiger partial charge is 0.385 e. The molecule has 2 rings (SSSR count). The van der Waals surface area contributed by atoms with Crippen molar-refractivity contribution < 1.29 is 8.42 Å². The van der Waals surface area contributed by atoms with E-state index in [-0.39, 0.29) is 4.90 Å². The van der Waals surface area contributed by atoms with Crippen molar-refractivity contribution in [1.29, 1.82) is 0 Å². The summed E-state index contributed by atoms with van der Waals surface area (Å²) >= 11 is 0. The van der Waals surface area contributed by atoms with Gasteiger partial charge in [0.1, 0.15) is 6.33 Å². The fourth-order valence-corrected chi connectivity index (χ4v) is 2.62. The first-order valence-corrected chi connectivity index (χ1v) is 7.72. The van der Waals surface area contributed by atoms with Crippen molar-refractivity contribution in [3.05, 3.63) is 43.0 Å². The number of rotatable bonds is 6. The van der Waals surface area contributed by atoms with Crippen molar-refractivity contribution in [1.82, 2.24) is 9.97 Å². The van der Waals surface area contributed by atoms with Crippen LogP contribution in [0.15, 0.2) is 47.9 Å². The summed E-state index contributed by atoms with van der Waals surface area (Å²) in [5.74, 6) is 0. The number of nitrogens with zero attached hydrogens (tertiary/aromatic N) is 2. The monoisotopic (exact) mass is 292 g/mol. The molecule has 0 amide bonds. The predicted molar refractivity (Wildman–Crippen MR) is 78.1 cm³/mol. The number of anilines is 2. The highest BCUT2D eigenvalue weighted by molar-refractivity contribution is 7.92.